The number of hydrogen-bond donors (Lipinski definition) is 0. The molecule has 0 aromatic heterocycles. The van der Waals surface area contributed by atoms with Gasteiger partial charge in [-0.1, -0.05) is 205 Å². The van der Waals surface area contributed by atoms with Crippen molar-refractivity contribution in [1.82, 2.24) is 0 Å². The second kappa shape index (κ2) is 53.1. The first-order chi connectivity index (χ1) is 31.6. The summed E-state index contributed by atoms with van der Waals surface area (Å²) >= 11 is 0. The molecule has 0 aromatic rings. The van der Waals surface area contributed by atoms with Crippen LogP contribution in [0.25, 0.3) is 0 Å². The van der Waals surface area contributed by atoms with E-state index in [9.17, 15) is 9.59 Å². The molecule has 0 saturated carbocycles. The standard InChI is InChI=1S/C59H92O5/c1-4-7-10-13-16-19-22-25-27-28-29-30-31-33-36-39-42-45-48-51-54-62-55-57(64-59(61)53-50-47-44-41-38-34-24-21-18-15-12-9-6-3)56-63-58(60)52-49-46-43-40-37-35-32-26-23-20-17-14-11-8-5-2/h7-8,10-11,16-17,19-21,24-27,29-30,32-33,36-37,40,42,45-46,49,57H,4-6,9,12-15,18,22-23,28,31,34-35,38-39,41,43-44,47-48,50-56H2,1-3H3/b10-7-,11-8-,19-16-,20-17-,24-21-,27-25-,30-29-,32-26-,36-33-,40-37-,45-42-,49-46-. The molecule has 0 aliphatic carbocycles. The predicted octanol–water partition coefficient (Wildman–Crippen LogP) is 17.3. The van der Waals surface area contributed by atoms with Crippen LogP contribution in [0.5, 0.6) is 0 Å². The summed E-state index contributed by atoms with van der Waals surface area (Å²) in [7, 11) is 0. The number of ether oxygens (including phenoxy) is 3. The summed E-state index contributed by atoms with van der Waals surface area (Å²) in [6.45, 7) is 7.29. The van der Waals surface area contributed by atoms with Gasteiger partial charge in [-0.15, -0.1) is 0 Å². The van der Waals surface area contributed by atoms with Gasteiger partial charge in [0.25, 0.3) is 0 Å². The van der Waals surface area contributed by atoms with Gasteiger partial charge < -0.3 is 14.2 Å². The third kappa shape index (κ3) is 50.4. The van der Waals surface area contributed by atoms with E-state index < -0.39 is 6.10 Å². The molecular weight excluding hydrogens is 789 g/mol. The number of rotatable bonds is 44. The minimum absolute atomic E-state index is 0.00540. The highest BCUT2D eigenvalue weighted by atomic mass is 16.6. The Hall–Kier alpha value is -4.22. The maximum absolute atomic E-state index is 12.8. The van der Waals surface area contributed by atoms with Crippen LogP contribution in [0.3, 0.4) is 0 Å². The van der Waals surface area contributed by atoms with E-state index in [1.54, 1.807) is 0 Å². The van der Waals surface area contributed by atoms with Crippen LogP contribution in [0.15, 0.2) is 146 Å². The van der Waals surface area contributed by atoms with Crippen LogP contribution < -0.4 is 0 Å². The van der Waals surface area contributed by atoms with E-state index in [4.69, 9.17) is 14.2 Å². The third-order valence-electron chi connectivity index (χ3n) is 9.87. The Morgan fingerprint density at radius 1 is 0.375 bits per heavy atom. The zero-order valence-corrected chi connectivity index (χ0v) is 41.0. The number of carbonyl (C=O) groups is 2. The Morgan fingerprint density at radius 2 is 0.750 bits per heavy atom. The highest BCUT2D eigenvalue weighted by Crippen LogP contribution is 2.11. The predicted molar refractivity (Wildman–Crippen MR) is 278 cm³/mol. The number of carbonyl (C=O) groups excluding carboxylic acids is 2. The smallest absolute Gasteiger partial charge is 0.309 e. The van der Waals surface area contributed by atoms with Crippen molar-refractivity contribution >= 4 is 11.9 Å². The Labute approximate surface area is 393 Å². The molecule has 0 saturated heterocycles. The molecule has 1 atom stereocenters. The van der Waals surface area contributed by atoms with E-state index in [-0.39, 0.29) is 31.6 Å². The van der Waals surface area contributed by atoms with E-state index in [0.29, 0.717) is 13.0 Å². The van der Waals surface area contributed by atoms with Gasteiger partial charge in [-0.25, -0.2) is 0 Å². The van der Waals surface area contributed by atoms with Crippen LogP contribution in [0.1, 0.15) is 188 Å². The molecule has 0 N–H and O–H groups in total. The van der Waals surface area contributed by atoms with Crippen LogP contribution >= 0.6 is 0 Å². The maximum Gasteiger partial charge on any atom is 0.309 e. The zero-order valence-electron chi connectivity index (χ0n) is 41.0. The lowest BCUT2D eigenvalue weighted by Gasteiger charge is -2.18. The fraction of sp³-hybridized carbons (Fsp3) is 0.559. The van der Waals surface area contributed by atoms with E-state index in [0.717, 1.165) is 109 Å². The number of hydrogen-bond acceptors (Lipinski definition) is 5. The van der Waals surface area contributed by atoms with Gasteiger partial charge in [-0.2, -0.15) is 0 Å². The van der Waals surface area contributed by atoms with Crippen molar-refractivity contribution in [1.29, 1.82) is 0 Å². The molecule has 64 heavy (non-hydrogen) atoms. The lowest BCUT2D eigenvalue weighted by atomic mass is 10.1. The van der Waals surface area contributed by atoms with Crippen LogP contribution in [0, 0.1) is 0 Å². The monoisotopic (exact) mass is 881 g/mol. The van der Waals surface area contributed by atoms with Gasteiger partial charge in [0.2, 0.25) is 0 Å². The molecule has 0 spiro atoms. The second-order valence-electron chi connectivity index (χ2n) is 16.0. The summed E-state index contributed by atoms with van der Waals surface area (Å²) in [5, 5.41) is 0. The van der Waals surface area contributed by atoms with Crippen LogP contribution in [0.4, 0.5) is 0 Å². The summed E-state index contributed by atoms with van der Waals surface area (Å²) < 4.78 is 17.2. The molecule has 5 nitrogen and oxygen atoms in total. The summed E-state index contributed by atoms with van der Waals surface area (Å²) in [6, 6.07) is 0. The average molecular weight is 881 g/mol. The molecule has 0 fully saturated rings. The van der Waals surface area contributed by atoms with Crippen LogP contribution in [-0.4, -0.2) is 37.9 Å². The molecule has 0 rings (SSSR count). The first-order valence-electron chi connectivity index (χ1n) is 25.4. The van der Waals surface area contributed by atoms with Gasteiger partial charge in [0.1, 0.15) is 6.61 Å². The Morgan fingerprint density at radius 3 is 1.22 bits per heavy atom. The third-order valence-corrected chi connectivity index (χ3v) is 9.87. The number of esters is 2. The topological polar surface area (TPSA) is 61.8 Å². The first-order valence-corrected chi connectivity index (χ1v) is 25.4. The molecule has 0 heterocycles. The normalized spacial score (nSPS) is 13.5. The molecule has 5 heteroatoms. The average Bonchev–Trinajstić information content (AvgIpc) is 3.30. The van der Waals surface area contributed by atoms with E-state index in [2.05, 4.69) is 154 Å². The quantitative estimate of drug-likeness (QED) is 0.0347. The van der Waals surface area contributed by atoms with Crippen molar-refractivity contribution < 1.29 is 23.8 Å². The molecular formula is C59H92O5. The summed E-state index contributed by atoms with van der Waals surface area (Å²) in [6.07, 6.45) is 77.5. The summed E-state index contributed by atoms with van der Waals surface area (Å²) in [5.41, 5.74) is 0. The minimum Gasteiger partial charge on any atom is -0.461 e. The lowest BCUT2D eigenvalue weighted by Crippen LogP contribution is -2.30. The first kappa shape index (κ1) is 59.8. The van der Waals surface area contributed by atoms with Gasteiger partial charge >= 0.3 is 11.9 Å². The molecule has 1 unspecified atom stereocenters. The Bertz CT molecular complexity index is 1410. The highest BCUT2D eigenvalue weighted by molar-refractivity contribution is 5.71. The van der Waals surface area contributed by atoms with Crippen molar-refractivity contribution in [3.05, 3.63) is 146 Å². The van der Waals surface area contributed by atoms with E-state index in [1.807, 2.05) is 12.2 Å². The molecule has 0 aromatic carbocycles. The second-order valence-corrected chi connectivity index (χ2v) is 16.0. The van der Waals surface area contributed by atoms with E-state index in [1.165, 1.54) is 44.9 Å². The van der Waals surface area contributed by atoms with Crippen molar-refractivity contribution in [3.8, 4) is 0 Å². The fourth-order valence-corrected chi connectivity index (χ4v) is 6.18. The minimum atomic E-state index is -0.621. The Kier molecular flexibility index (Phi) is 49.6. The van der Waals surface area contributed by atoms with E-state index >= 15 is 0 Å². The number of unbranched alkanes of at least 4 members (excludes halogenated alkanes) is 10. The van der Waals surface area contributed by atoms with Gasteiger partial charge in [0.15, 0.2) is 6.10 Å². The molecule has 0 bridgehead atoms. The van der Waals surface area contributed by atoms with Crippen molar-refractivity contribution in [2.24, 2.45) is 0 Å². The number of allylic oxidation sites excluding steroid dienone is 23. The fourth-order valence-electron chi connectivity index (χ4n) is 6.18. The Balaban J connectivity index is 4.53. The summed E-state index contributed by atoms with van der Waals surface area (Å²) in [5.74, 6) is -0.599. The molecule has 358 valence electrons. The largest absolute Gasteiger partial charge is 0.461 e. The zero-order chi connectivity index (χ0) is 46.3. The highest BCUT2D eigenvalue weighted by Gasteiger charge is 2.17. The van der Waals surface area contributed by atoms with Gasteiger partial charge in [0, 0.05) is 13.0 Å². The molecule has 0 amide bonds. The summed E-state index contributed by atoms with van der Waals surface area (Å²) in [4.78, 5) is 25.3. The molecule has 0 radical (unpaired) electrons. The molecule has 0 aliphatic rings. The van der Waals surface area contributed by atoms with Crippen LogP contribution in [0.2, 0.25) is 0 Å². The maximum atomic E-state index is 12.8. The van der Waals surface area contributed by atoms with Crippen LogP contribution in [-0.2, 0) is 23.8 Å². The van der Waals surface area contributed by atoms with Gasteiger partial charge in [-0.3, -0.25) is 9.59 Å². The molecule has 0 aliphatic heterocycles. The SMILES string of the molecule is CC/C=C\C/C=C\C/C=C\C/C=C\C/C=C\C/C=C\CCCOCC(COC(=O)C/C=C\C/C=C\C/C=C\C/C=C\C/C=C\CC)OC(=O)CCCCCCC/C=C\CCCCCC. The van der Waals surface area contributed by atoms with Gasteiger partial charge in [-0.05, 0) is 116 Å². The lowest BCUT2D eigenvalue weighted by molar-refractivity contribution is -0.162. The van der Waals surface area contributed by atoms with Crippen molar-refractivity contribution in [2.45, 2.75) is 194 Å². The van der Waals surface area contributed by atoms with Gasteiger partial charge in [0.05, 0.1) is 13.0 Å². The van der Waals surface area contributed by atoms with Crippen molar-refractivity contribution in [2.75, 3.05) is 19.8 Å². The van der Waals surface area contributed by atoms with Crippen molar-refractivity contribution in [3.63, 3.8) is 0 Å².